The molecule has 1 heterocycles. The highest BCUT2D eigenvalue weighted by Crippen LogP contribution is 2.05. The minimum absolute atomic E-state index is 0.0435. The predicted molar refractivity (Wildman–Crippen MR) is 79.2 cm³/mol. The van der Waals surface area contributed by atoms with Crippen molar-refractivity contribution < 1.29 is 9.59 Å². The molecule has 0 spiro atoms. The van der Waals surface area contributed by atoms with Crippen LogP contribution in [0.3, 0.4) is 0 Å². The second-order valence-electron chi connectivity index (χ2n) is 5.35. The molecule has 6 heteroatoms. The molecule has 2 amide bonds. The van der Waals surface area contributed by atoms with Crippen molar-refractivity contribution >= 4 is 11.8 Å². The van der Waals surface area contributed by atoms with Crippen molar-refractivity contribution in [2.24, 2.45) is 5.73 Å². The first-order chi connectivity index (χ1) is 9.58. The van der Waals surface area contributed by atoms with Gasteiger partial charge >= 0.3 is 0 Å². The lowest BCUT2D eigenvalue weighted by Gasteiger charge is -2.35. The molecule has 1 rings (SSSR count). The van der Waals surface area contributed by atoms with Crippen LogP contribution in [0.2, 0.25) is 0 Å². The summed E-state index contributed by atoms with van der Waals surface area (Å²) in [6.07, 6.45) is 2.60. The maximum absolute atomic E-state index is 12.1. The average molecular weight is 284 g/mol. The lowest BCUT2D eigenvalue weighted by Crippen LogP contribution is -2.54. The third kappa shape index (κ3) is 5.46. The van der Waals surface area contributed by atoms with E-state index in [-0.39, 0.29) is 17.9 Å². The summed E-state index contributed by atoms with van der Waals surface area (Å²) in [7, 11) is 0. The molecule has 1 unspecified atom stereocenters. The number of nitrogens with two attached hydrogens (primary N) is 1. The zero-order chi connectivity index (χ0) is 15.0. The first-order valence-electron chi connectivity index (χ1n) is 7.61. The fourth-order valence-corrected chi connectivity index (χ4v) is 2.32. The fourth-order valence-electron chi connectivity index (χ4n) is 2.32. The lowest BCUT2D eigenvalue weighted by atomic mass is 10.1. The van der Waals surface area contributed by atoms with Crippen LogP contribution >= 0.6 is 0 Å². The molecule has 116 valence electrons. The molecule has 0 aromatic carbocycles. The molecule has 6 nitrogen and oxygen atoms in total. The standard InChI is InChI=1S/C14H28N4O2/c1-3-5-12(15)14(20)18-9-7-17(8-10-18)11-13(19)16-6-4-2/h12H,3-11,15H2,1-2H3,(H,16,19). The third-order valence-corrected chi connectivity index (χ3v) is 3.54. The number of piperazine rings is 1. The highest BCUT2D eigenvalue weighted by atomic mass is 16.2. The van der Waals surface area contributed by atoms with Gasteiger partial charge in [0.25, 0.3) is 0 Å². The van der Waals surface area contributed by atoms with Crippen LogP contribution < -0.4 is 11.1 Å². The zero-order valence-corrected chi connectivity index (χ0v) is 12.7. The summed E-state index contributed by atoms with van der Waals surface area (Å²) in [5.74, 6) is 0.108. The van der Waals surface area contributed by atoms with Crippen molar-refractivity contribution in [2.75, 3.05) is 39.3 Å². The first kappa shape index (κ1) is 16.9. The van der Waals surface area contributed by atoms with Crippen LogP contribution in [0.1, 0.15) is 33.1 Å². The molecular weight excluding hydrogens is 256 g/mol. The Kier molecular flexibility index (Phi) is 7.54. The summed E-state index contributed by atoms with van der Waals surface area (Å²) < 4.78 is 0. The van der Waals surface area contributed by atoms with Crippen molar-refractivity contribution in [1.29, 1.82) is 0 Å². The van der Waals surface area contributed by atoms with E-state index in [1.165, 1.54) is 0 Å². The van der Waals surface area contributed by atoms with Crippen LogP contribution in [0.15, 0.2) is 0 Å². The molecular formula is C14H28N4O2. The normalized spacial score (nSPS) is 17.9. The molecule has 0 aromatic heterocycles. The summed E-state index contributed by atoms with van der Waals surface area (Å²) in [6.45, 7) is 8.01. The number of carbonyl (C=O) groups excluding carboxylic acids is 2. The molecule has 3 N–H and O–H groups in total. The Morgan fingerprint density at radius 2 is 1.80 bits per heavy atom. The van der Waals surface area contributed by atoms with Gasteiger partial charge in [-0.25, -0.2) is 0 Å². The van der Waals surface area contributed by atoms with Crippen molar-refractivity contribution in [3.05, 3.63) is 0 Å². The molecule has 1 saturated heterocycles. The number of carbonyl (C=O) groups is 2. The maximum atomic E-state index is 12.1. The van der Waals surface area contributed by atoms with E-state index in [4.69, 9.17) is 5.73 Å². The highest BCUT2D eigenvalue weighted by Gasteiger charge is 2.25. The SMILES string of the molecule is CCCNC(=O)CN1CCN(C(=O)C(N)CCC)CC1. The van der Waals surface area contributed by atoms with Crippen LogP contribution in [0, 0.1) is 0 Å². The number of hydrogen-bond acceptors (Lipinski definition) is 4. The van der Waals surface area contributed by atoms with Gasteiger partial charge in [0.1, 0.15) is 0 Å². The van der Waals surface area contributed by atoms with Gasteiger partial charge in [-0.05, 0) is 12.8 Å². The molecule has 20 heavy (non-hydrogen) atoms. The van der Waals surface area contributed by atoms with Crippen molar-refractivity contribution in [2.45, 2.75) is 39.2 Å². The van der Waals surface area contributed by atoms with E-state index in [1.807, 2.05) is 18.7 Å². The number of nitrogens with one attached hydrogen (secondary N) is 1. The van der Waals surface area contributed by atoms with Gasteiger partial charge in [-0.15, -0.1) is 0 Å². The molecule has 0 radical (unpaired) electrons. The second kappa shape index (κ2) is 8.92. The van der Waals surface area contributed by atoms with Gasteiger partial charge in [0.2, 0.25) is 11.8 Å². The fraction of sp³-hybridized carbons (Fsp3) is 0.857. The first-order valence-corrected chi connectivity index (χ1v) is 7.61. The molecule has 1 aliphatic rings. The number of hydrogen-bond donors (Lipinski definition) is 2. The molecule has 1 atom stereocenters. The van der Waals surface area contributed by atoms with Gasteiger partial charge in [0.15, 0.2) is 0 Å². The van der Waals surface area contributed by atoms with Gasteiger partial charge in [0, 0.05) is 32.7 Å². The number of rotatable bonds is 7. The number of nitrogens with zero attached hydrogens (tertiary/aromatic N) is 2. The summed E-state index contributed by atoms with van der Waals surface area (Å²) in [6, 6.07) is -0.376. The lowest BCUT2D eigenvalue weighted by molar-refractivity contribution is -0.134. The van der Waals surface area contributed by atoms with Crippen LogP contribution in [0.25, 0.3) is 0 Å². The Labute approximate surface area is 121 Å². The maximum Gasteiger partial charge on any atom is 0.239 e. The average Bonchev–Trinajstić information content (AvgIpc) is 2.45. The quantitative estimate of drug-likeness (QED) is 0.678. The van der Waals surface area contributed by atoms with Crippen LogP contribution in [-0.4, -0.2) is 66.9 Å². The van der Waals surface area contributed by atoms with Gasteiger partial charge in [-0.1, -0.05) is 20.3 Å². The molecule has 1 aliphatic heterocycles. The van der Waals surface area contributed by atoms with E-state index >= 15 is 0 Å². The smallest absolute Gasteiger partial charge is 0.239 e. The Morgan fingerprint density at radius 1 is 1.15 bits per heavy atom. The Balaban J connectivity index is 2.29. The summed E-state index contributed by atoms with van der Waals surface area (Å²) in [5.41, 5.74) is 5.86. The summed E-state index contributed by atoms with van der Waals surface area (Å²) >= 11 is 0. The van der Waals surface area contributed by atoms with Crippen LogP contribution in [0.4, 0.5) is 0 Å². The van der Waals surface area contributed by atoms with Crippen molar-refractivity contribution in [3.63, 3.8) is 0 Å². The highest BCUT2D eigenvalue weighted by molar-refractivity contribution is 5.81. The monoisotopic (exact) mass is 284 g/mol. The Hall–Kier alpha value is -1.14. The van der Waals surface area contributed by atoms with E-state index in [1.54, 1.807) is 0 Å². The van der Waals surface area contributed by atoms with Gasteiger partial charge < -0.3 is 16.0 Å². The summed E-state index contributed by atoms with van der Waals surface area (Å²) in [4.78, 5) is 27.6. The van der Waals surface area contributed by atoms with Gasteiger partial charge in [-0.2, -0.15) is 0 Å². The minimum atomic E-state index is -0.376. The van der Waals surface area contributed by atoms with Crippen molar-refractivity contribution in [3.8, 4) is 0 Å². The Bertz CT molecular complexity index is 314. The molecule has 0 bridgehead atoms. The summed E-state index contributed by atoms with van der Waals surface area (Å²) in [5, 5.41) is 2.87. The van der Waals surface area contributed by atoms with Crippen LogP contribution in [-0.2, 0) is 9.59 Å². The largest absolute Gasteiger partial charge is 0.355 e. The van der Waals surface area contributed by atoms with E-state index in [2.05, 4.69) is 10.2 Å². The van der Waals surface area contributed by atoms with Crippen LogP contribution in [0.5, 0.6) is 0 Å². The Morgan fingerprint density at radius 3 is 2.35 bits per heavy atom. The van der Waals surface area contributed by atoms with Gasteiger partial charge in [-0.3, -0.25) is 14.5 Å². The molecule has 0 aliphatic carbocycles. The second-order valence-corrected chi connectivity index (χ2v) is 5.35. The zero-order valence-electron chi connectivity index (χ0n) is 12.7. The molecule has 0 saturated carbocycles. The predicted octanol–water partition coefficient (Wildman–Crippen LogP) is -0.216. The van der Waals surface area contributed by atoms with E-state index in [9.17, 15) is 9.59 Å². The number of amides is 2. The van der Waals surface area contributed by atoms with E-state index in [0.717, 1.165) is 38.9 Å². The van der Waals surface area contributed by atoms with Crippen molar-refractivity contribution in [1.82, 2.24) is 15.1 Å². The minimum Gasteiger partial charge on any atom is -0.355 e. The molecule has 0 aromatic rings. The van der Waals surface area contributed by atoms with E-state index < -0.39 is 0 Å². The van der Waals surface area contributed by atoms with E-state index in [0.29, 0.717) is 19.6 Å². The third-order valence-electron chi connectivity index (χ3n) is 3.54. The van der Waals surface area contributed by atoms with Gasteiger partial charge in [0.05, 0.1) is 12.6 Å². The topological polar surface area (TPSA) is 78.7 Å². The molecule has 1 fully saturated rings.